The van der Waals surface area contributed by atoms with Gasteiger partial charge in [0.2, 0.25) is 5.91 Å². The number of ether oxygens (including phenoxy) is 2. The van der Waals surface area contributed by atoms with Crippen molar-refractivity contribution in [1.82, 2.24) is 5.32 Å². The van der Waals surface area contributed by atoms with Gasteiger partial charge in [-0.3, -0.25) is 13.9 Å². The highest BCUT2D eigenvalue weighted by atomic mass is 32.2. The number of nitrogens with zero attached hydrogens (tertiary/aromatic N) is 1. The molecule has 8 nitrogen and oxygen atoms in total. The number of amides is 1. The molecule has 0 spiro atoms. The second-order valence-electron chi connectivity index (χ2n) is 11.7. The summed E-state index contributed by atoms with van der Waals surface area (Å²) in [5, 5.41) is 2.78. The summed E-state index contributed by atoms with van der Waals surface area (Å²) in [7, 11) is -2.89. The molecule has 1 heterocycles. The second kappa shape index (κ2) is 14.1. The van der Waals surface area contributed by atoms with Gasteiger partial charge < -0.3 is 14.8 Å². The standard InChI is InChI=1S/C36H35F3N2O6S/c1-23(2)33(35(43)46-3)25-11-15-29(16-12-25)47-20-19-40-34(42)32-22-27-7-4-5-10-31(27)41(32)48(44,45)30-17-13-24(14-18-30)26-8-6-9-28(21-26)36(37,38)39/h4-18,21,23,32-33H,19-20,22H2,1-3H3,(H,40,42)/t32-,33?/m0/s1. The lowest BCUT2D eigenvalue weighted by Crippen LogP contribution is -2.48. The van der Waals surface area contributed by atoms with Crippen molar-refractivity contribution >= 4 is 27.6 Å². The molecule has 0 saturated heterocycles. The summed E-state index contributed by atoms with van der Waals surface area (Å²) in [6, 6.07) is 23.2. The minimum absolute atomic E-state index is 0.0355. The number of fused-ring (bicyclic) bond motifs is 1. The zero-order valence-electron chi connectivity index (χ0n) is 26.5. The number of sulfonamides is 1. The highest BCUT2D eigenvalue weighted by Gasteiger charge is 2.42. The first-order chi connectivity index (χ1) is 22.8. The van der Waals surface area contributed by atoms with E-state index in [4.69, 9.17) is 9.47 Å². The van der Waals surface area contributed by atoms with Crippen molar-refractivity contribution in [3.8, 4) is 16.9 Å². The molecule has 0 radical (unpaired) electrons. The molecule has 252 valence electrons. The number of nitrogens with one attached hydrogen (secondary N) is 1. The van der Waals surface area contributed by atoms with E-state index in [9.17, 15) is 31.2 Å². The number of hydrogen-bond acceptors (Lipinski definition) is 6. The molecule has 4 aromatic carbocycles. The van der Waals surface area contributed by atoms with Crippen LogP contribution in [0.4, 0.5) is 18.9 Å². The van der Waals surface area contributed by atoms with Crippen LogP contribution in [0.2, 0.25) is 0 Å². The average Bonchev–Trinajstić information content (AvgIpc) is 3.48. The van der Waals surface area contributed by atoms with E-state index in [0.717, 1.165) is 22.0 Å². The van der Waals surface area contributed by atoms with Crippen molar-refractivity contribution < 1.29 is 40.7 Å². The number of methoxy groups -OCH3 is 1. The van der Waals surface area contributed by atoms with E-state index in [0.29, 0.717) is 22.6 Å². The molecule has 4 aromatic rings. The number of para-hydroxylation sites is 1. The number of carbonyl (C=O) groups is 2. The van der Waals surface area contributed by atoms with Gasteiger partial charge >= 0.3 is 12.1 Å². The summed E-state index contributed by atoms with van der Waals surface area (Å²) in [4.78, 5) is 25.5. The molecule has 1 aliphatic rings. The molecule has 48 heavy (non-hydrogen) atoms. The molecule has 12 heteroatoms. The normalized spacial score (nSPS) is 15.1. The number of rotatable bonds is 11. The molecule has 1 N–H and O–H groups in total. The summed E-state index contributed by atoms with van der Waals surface area (Å²) in [5.74, 6) is -0.669. The number of halogens is 3. The van der Waals surface area contributed by atoms with E-state index >= 15 is 0 Å². The van der Waals surface area contributed by atoms with Crippen molar-refractivity contribution in [2.45, 2.75) is 43.3 Å². The second-order valence-corrected chi connectivity index (χ2v) is 13.5. The fraction of sp³-hybridized carbons (Fsp3) is 0.278. The highest BCUT2D eigenvalue weighted by molar-refractivity contribution is 7.93. The van der Waals surface area contributed by atoms with Crippen LogP contribution in [0, 0.1) is 5.92 Å². The largest absolute Gasteiger partial charge is 0.492 e. The number of anilines is 1. The third kappa shape index (κ3) is 7.33. The first kappa shape index (κ1) is 34.5. The zero-order valence-corrected chi connectivity index (χ0v) is 27.3. The zero-order chi connectivity index (χ0) is 34.6. The molecule has 1 unspecified atom stereocenters. The smallest absolute Gasteiger partial charge is 0.416 e. The highest BCUT2D eigenvalue weighted by Crippen LogP contribution is 2.38. The Morgan fingerprint density at radius 3 is 2.25 bits per heavy atom. The van der Waals surface area contributed by atoms with Gasteiger partial charge in [0, 0.05) is 6.42 Å². The van der Waals surface area contributed by atoms with Crippen LogP contribution in [0.15, 0.2) is 102 Å². The van der Waals surface area contributed by atoms with Crippen LogP contribution in [-0.4, -0.2) is 46.6 Å². The molecule has 1 aliphatic heterocycles. The first-order valence-electron chi connectivity index (χ1n) is 15.3. The Morgan fingerprint density at radius 2 is 1.60 bits per heavy atom. The topological polar surface area (TPSA) is 102 Å². The lowest BCUT2D eigenvalue weighted by Gasteiger charge is -2.26. The quantitative estimate of drug-likeness (QED) is 0.142. The molecule has 0 aromatic heterocycles. The lowest BCUT2D eigenvalue weighted by molar-refractivity contribution is -0.143. The van der Waals surface area contributed by atoms with Gasteiger partial charge in [0.25, 0.3) is 10.0 Å². The van der Waals surface area contributed by atoms with E-state index in [1.165, 1.54) is 43.5 Å². The molecule has 1 amide bonds. The minimum Gasteiger partial charge on any atom is -0.492 e. The number of hydrogen-bond donors (Lipinski definition) is 1. The monoisotopic (exact) mass is 680 g/mol. The molecule has 0 saturated carbocycles. The van der Waals surface area contributed by atoms with E-state index < -0.39 is 39.6 Å². The van der Waals surface area contributed by atoms with Crippen molar-refractivity contribution in [1.29, 1.82) is 0 Å². The van der Waals surface area contributed by atoms with Gasteiger partial charge in [0.1, 0.15) is 18.4 Å². The summed E-state index contributed by atoms with van der Waals surface area (Å²) >= 11 is 0. The van der Waals surface area contributed by atoms with Crippen molar-refractivity contribution in [3.63, 3.8) is 0 Å². The third-order valence-corrected chi connectivity index (χ3v) is 10.0. The van der Waals surface area contributed by atoms with Gasteiger partial charge in [-0.05, 0) is 70.6 Å². The number of esters is 1. The molecule has 2 atom stereocenters. The minimum atomic E-state index is -4.51. The molecule has 5 rings (SSSR count). The number of alkyl halides is 3. The van der Waals surface area contributed by atoms with Gasteiger partial charge in [-0.2, -0.15) is 13.2 Å². The number of benzene rings is 4. The van der Waals surface area contributed by atoms with Gasteiger partial charge in [-0.15, -0.1) is 0 Å². The van der Waals surface area contributed by atoms with Gasteiger partial charge in [-0.25, -0.2) is 8.42 Å². The van der Waals surface area contributed by atoms with Crippen molar-refractivity contribution in [2.75, 3.05) is 24.6 Å². The Bertz CT molecular complexity index is 1880. The maximum atomic E-state index is 14.0. The Kier molecular flexibility index (Phi) is 10.1. The van der Waals surface area contributed by atoms with Gasteiger partial charge in [0.05, 0.1) is 35.7 Å². The fourth-order valence-electron chi connectivity index (χ4n) is 5.81. The Labute approximate surface area is 277 Å². The van der Waals surface area contributed by atoms with Crippen LogP contribution < -0.4 is 14.4 Å². The molecule has 0 aliphatic carbocycles. The van der Waals surface area contributed by atoms with E-state index in [1.54, 1.807) is 48.5 Å². The summed E-state index contributed by atoms with van der Waals surface area (Å²) in [6.45, 7) is 4.08. The van der Waals surface area contributed by atoms with Crippen LogP contribution in [0.1, 0.15) is 36.5 Å². The average molecular weight is 681 g/mol. The molecule has 0 bridgehead atoms. The predicted octanol–water partition coefficient (Wildman–Crippen LogP) is 6.60. The summed E-state index contributed by atoms with van der Waals surface area (Å²) in [6.07, 6.45) is -4.36. The summed E-state index contributed by atoms with van der Waals surface area (Å²) in [5.41, 5.74) is 1.75. The molecular formula is C36H35F3N2O6S. The lowest BCUT2D eigenvalue weighted by atomic mass is 9.88. The predicted molar refractivity (Wildman–Crippen MR) is 175 cm³/mol. The van der Waals surface area contributed by atoms with Crippen LogP contribution >= 0.6 is 0 Å². The van der Waals surface area contributed by atoms with Gasteiger partial charge in [-0.1, -0.05) is 68.4 Å². The van der Waals surface area contributed by atoms with Crippen molar-refractivity contribution in [3.05, 3.63) is 114 Å². The van der Waals surface area contributed by atoms with Gasteiger partial charge in [0.15, 0.2) is 0 Å². The van der Waals surface area contributed by atoms with E-state index in [1.807, 2.05) is 13.8 Å². The van der Waals surface area contributed by atoms with Crippen LogP contribution in [0.25, 0.3) is 11.1 Å². The fourth-order valence-corrected chi connectivity index (χ4v) is 7.46. The van der Waals surface area contributed by atoms with Crippen LogP contribution in [0.3, 0.4) is 0 Å². The maximum Gasteiger partial charge on any atom is 0.416 e. The van der Waals surface area contributed by atoms with Crippen LogP contribution in [0.5, 0.6) is 5.75 Å². The van der Waals surface area contributed by atoms with Crippen LogP contribution in [-0.2, 0) is 36.9 Å². The van der Waals surface area contributed by atoms with E-state index in [-0.39, 0.29) is 41.9 Å². The Hall–Kier alpha value is -4.84. The molecular weight excluding hydrogens is 645 g/mol. The maximum absolute atomic E-state index is 14.0. The molecule has 0 fully saturated rings. The SMILES string of the molecule is COC(=O)C(c1ccc(OCCNC(=O)[C@@H]2Cc3ccccc3N2S(=O)(=O)c2ccc(-c3cccc(C(F)(F)F)c3)cc2)cc1)C(C)C. The number of carbonyl (C=O) groups excluding carboxylic acids is 2. The first-order valence-corrected chi connectivity index (χ1v) is 16.7. The van der Waals surface area contributed by atoms with E-state index in [2.05, 4.69) is 5.32 Å². The summed E-state index contributed by atoms with van der Waals surface area (Å²) < 4.78 is 79.5. The Balaban J connectivity index is 1.27. The Morgan fingerprint density at radius 1 is 0.917 bits per heavy atom. The van der Waals surface area contributed by atoms with Crippen molar-refractivity contribution in [2.24, 2.45) is 5.92 Å². The third-order valence-electron chi connectivity index (χ3n) is 8.19.